The van der Waals surface area contributed by atoms with Crippen LogP contribution in [0.15, 0.2) is 24.3 Å². The maximum atomic E-state index is 14.2. The number of hydrogen-bond acceptors (Lipinski definition) is 4. The highest BCUT2D eigenvalue weighted by Gasteiger charge is 2.67. The van der Waals surface area contributed by atoms with Gasteiger partial charge in [0.15, 0.2) is 0 Å². The van der Waals surface area contributed by atoms with Gasteiger partial charge in [0.05, 0.1) is 12.5 Å². The van der Waals surface area contributed by atoms with Gasteiger partial charge in [-0.05, 0) is 18.6 Å². The van der Waals surface area contributed by atoms with Gasteiger partial charge in [-0.2, -0.15) is 13.2 Å². The number of aromatic nitrogens is 1. The van der Waals surface area contributed by atoms with Crippen molar-refractivity contribution in [2.24, 2.45) is 13.0 Å². The molecule has 2 heterocycles. The SMILES string of the molecule is CCOC(=O)[C@H]1[C@H](C(F)(F)F)c2c(n(C)c3ccccc23)C12SCCS2. The van der Waals surface area contributed by atoms with Gasteiger partial charge in [0.25, 0.3) is 0 Å². The minimum atomic E-state index is -4.52. The number of carbonyl (C=O) groups is 1. The lowest BCUT2D eigenvalue weighted by molar-refractivity contribution is -0.176. The van der Waals surface area contributed by atoms with Gasteiger partial charge in [0, 0.05) is 35.2 Å². The van der Waals surface area contributed by atoms with E-state index in [1.54, 1.807) is 26.1 Å². The summed E-state index contributed by atoms with van der Waals surface area (Å²) in [6.45, 7) is 1.70. The van der Waals surface area contributed by atoms with Gasteiger partial charge < -0.3 is 9.30 Å². The van der Waals surface area contributed by atoms with Gasteiger partial charge in [-0.1, -0.05) is 18.2 Å². The van der Waals surface area contributed by atoms with Crippen LogP contribution in [0.1, 0.15) is 24.1 Å². The Hall–Kier alpha value is -1.28. The van der Waals surface area contributed by atoms with E-state index in [1.807, 2.05) is 16.7 Å². The Morgan fingerprint density at radius 2 is 1.96 bits per heavy atom. The van der Waals surface area contributed by atoms with Crippen LogP contribution in [-0.4, -0.2) is 34.8 Å². The number of benzene rings is 1. The van der Waals surface area contributed by atoms with E-state index in [-0.39, 0.29) is 12.2 Å². The zero-order valence-electron chi connectivity index (χ0n) is 14.3. The fourth-order valence-electron chi connectivity index (χ4n) is 4.31. The second-order valence-corrected chi connectivity index (χ2v) is 9.39. The van der Waals surface area contributed by atoms with Crippen LogP contribution in [0.4, 0.5) is 13.2 Å². The van der Waals surface area contributed by atoms with Gasteiger partial charge in [-0.15, -0.1) is 23.5 Å². The maximum absolute atomic E-state index is 14.2. The molecule has 2 aromatic rings. The molecule has 1 aliphatic carbocycles. The minimum Gasteiger partial charge on any atom is -0.466 e. The molecule has 0 N–H and O–H groups in total. The first-order valence-electron chi connectivity index (χ1n) is 8.42. The van der Waals surface area contributed by atoms with Crippen LogP contribution in [0.25, 0.3) is 10.9 Å². The van der Waals surface area contributed by atoms with Crippen LogP contribution in [0, 0.1) is 5.92 Å². The summed E-state index contributed by atoms with van der Waals surface area (Å²) in [4.78, 5) is 12.7. The first-order chi connectivity index (χ1) is 12.3. The van der Waals surface area contributed by atoms with E-state index in [0.29, 0.717) is 22.6 Å². The number of para-hydroxylation sites is 1. The van der Waals surface area contributed by atoms with E-state index < -0.39 is 28.1 Å². The van der Waals surface area contributed by atoms with E-state index in [2.05, 4.69) is 0 Å². The molecule has 1 spiro atoms. The molecule has 0 amide bonds. The number of thioether (sulfide) groups is 2. The lowest BCUT2D eigenvalue weighted by atomic mass is 9.90. The predicted molar refractivity (Wildman–Crippen MR) is 98.4 cm³/mol. The van der Waals surface area contributed by atoms with Crippen LogP contribution in [-0.2, 0) is 20.7 Å². The van der Waals surface area contributed by atoms with Crippen LogP contribution in [0.2, 0.25) is 0 Å². The summed E-state index contributed by atoms with van der Waals surface area (Å²) in [5.41, 5.74) is 1.63. The summed E-state index contributed by atoms with van der Waals surface area (Å²) in [5.74, 6) is -2.43. The molecule has 1 aromatic heterocycles. The Balaban J connectivity index is 2.05. The normalized spacial score (nSPS) is 24.3. The molecule has 0 radical (unpaired) electrons. The molecule has 1 saturated heterocycles. The molecular weight excluding hydrogens is 383 g/mol. The van der Waals surface area contributed by atoms with E-state index in [0.717, 1.165) is 5.52 Å². The first kappa shape index (κ1) is 18.1. The minimum absolute atomic E-state index is 0.0718. The predicted octanol–water partition coefficient (Wildman–Crippen LogP) is 4.65. The average molecular weight is 401 g/mol. The summed E-state index contributed by atoms with van der Waals surface area (Å²) in [6.07, 6.45) is -4.52. The smallest absolute Gasteiger partial charge is 0.396 e. The fraction of sp³-hybridized carbons (Fsp3) is 0.500. The highest BCUT2D eigenvalue weighted by atomic mass is 32.2. The molecule has 2 aliphatic rings. The van der Waals surface area contributed by atoms with Crippen molar-refractivity contribution in [3.8, 4) is 0 Å². The van der Waals surface area contributed by atoms with E-state index in [4.69, 9.17) is 4.74 Å². The molecule has 26 heavy (non-hydrogen) atoms. The topological polar surface area (TPSA) is 31.2 Å². The van der Waals surface area contributed by atoms with Gasteiger partial charge in [0.2, 0.25) is 0 Å². The Bertz CT molecular complexity index is 871. The van der Waals surface area contributed by atoms with E-state index in [1.165, 1.54) is 23.5 Å². The van der Waals surface area contributed by atoms with Crippen molar-refractivity contribution in [1.82, 2.24) is 4.57 Å². The van der Waals surface area contributed by atoms with Gasteiger partial charge in [-0.25, -0.2) is 0 Å². The molecular formula is C18H18F3NO2S2. The third-order valence-electron chi connectivity index (χ3n) is 5.14. The van der Waals surface area contributed by atoms with E-state index >= 15 is 0 Å². The second-order valence-electron chi connectivity index (χ2n) is 6.45. The van der Waals surface area contributed by atoms with Crippen molar-refractivity contribution in [1.29, 1.82) is 0 Å². The molecule has 0 unspecified atom stereocenters. The molecule has 140 valence electrons. The highest BCUT2D eigenvalue weighted by molar-refractivity contribution is 8.20. The number of aryl methyl sites for hydroxylation is 1. The van der Waals surface area contributed by atoms with Crippen molar-refractivity contribution >= 4 is 40.4 Å². The average Bonchev–Trinajstić information content (AvgIpc) is 3.24. The number of halogens is 3. The second kappa shape index (κ2) is 6.12. The standard InChI is InChI=1S/C18H18F3NO2S2/c1-3-24-16(23)14-13(18(19,20)21)12-10-6-4-5-7-11(10)22(2)15(12)17(14)25-8-9-26-17/h4-7,13-14H,3,8-9H2,1-2H3/t13-,14-/m1/s1. The number of rotatable bonds is 2. The lowest BCUT2D eigenvalue weighted by Gasteiger charge is -2.32. The summed E-state index contributed by atoms with van der Waals surface area (Å²) in [6, 6.07) is 7.12. The molecule has 1 aliphatic heterocycles. The van der Waals surface area contributed by atoms with Crippen LogP contribution < -0.4 is 0 Å². The Morgan fingerprint density at radius 3 is 2.58 bits per heavy atom. The summed E-state index contributed by atoms with van der Waals surface area (Å²) in [5, 5.41) is 0.576. The van der Waals surface area contributed by atoms with Crippen LogP contribution in [0.3, 0.4) is 0 Å². The fourth-order valence-corrected chi connectivity index (χ4v) is 8.01. The van der Waals surface area contributed by atoms with Crippen molar-refractivity contribution < 1.29 is 22.7 Å². The summed E-state index contributed by atoms with van der Waals surface area (Å²) < 4.78 is 48.7. The lowest BCUT2D eigenvalue weighted by Crippen LogP contribution is -2.39. The first-order valence-corrected chi connectivity index (χ1v) is 10.4. The largest absolute Gasteiger partial charge is 0.466 e. The van der Waals surface area contributed by atoms with E-state index in [9.17, 15) is 18.0 Å². The summed E-state index contributed by atoms with van der Waals surface area (Å²) in [7, 11) is 1.79. The Labute approximate surface area is 157 Å². The van der Waals surface area contributed by atoms with Crippen LogP contribution >= 0.6 is 23.5 Å². The number of nitrogens with zero attached hydrogens (tertiary/aromatic N) is 1. The van der Waals surface area contributed by atoms with Crippen molar-refractivity contribution in [2.75, 3.05) is 18.1 Å². The zero-order chi connectivity index (χ0) is 18.7. The molecule has 1 aromatic carbocycles. The number of hydrogen-bond donors (Lipinski definition) is 0. The van der Waals surface area contributed by atoms with Crippen LogP contribution in [0.5, 0.6) is 0 Å². The monoisotopic (exact) mass is 401 g/mol. The Morgan fingerprint density at radius 1 is 1.31 bits per heavy atom. The zero-order valence-corrected chi connectivity index (χ0v) is 15.9. The maximum Gasteiger partial charge on any atom is 0.396 e. The number of fused-ring (bicyclic) bond motifs is 4. The molecule has 4 rings (SSSR count). The molecule has 3 nitrogen and oxygen atoms in total. The number of esters is 1. The third-order valence-corrected chi connectivity index (χ3v) is 8.67. The quantitative estimate of drug-likeness (QED) is 0.686. The molecule has 8 heteroatoms. The summed E-state index contributed by atoms with van der Waals surface area (Å²) >= 11 is 2.90. The van der Waals surface area contributed by atoms with Crippen molar-refractivity contribution in [2.45, 2.75) is 23.1 Å². The molecule has 0 bridgehead atoms. The number of carbonyl (C=O) groups excluding carboxylic acids is 1. The van der Waals surface area contributed by atoms with Gasteiger partial charge >= 0.3 is 12.1 Å². The molecule has 0 saturated carbocycles. The molecule has 2 atom stereocenters. The van der Waals surface area contributed by atoms with Gasteiger partial charge in [-0.3, -0.25) is 4.79 Å². The molecule has 1 fully saturated rings. The Kier molecular flexibility index (Phi) is 4.26. The highest BCUT2D eigenvalue weighted by Crippen LogP contribution is 2.69. The van der Waals surface area contributed by atoms with Gasteiger partial charge in [0.1, 0.15) is 10.00 Å². The van der Waals surface area contributed by atoms with Crippen molar-refractivity contribution in [3.05, 3.63) is 35.5 Å². The number of alkyl halides is 3. The third kappa shape index (κ3) is 2.34. The van der Waals surface area contributed by atoms with Crippen molar-refractivity contribution in [3.63, 3.8) is 0 Å². The number of ether oxygens (including phenoxy) is 1.